The summed E-state index contributed by atoms with van der Waals surface area (Å²) in [4.78, 5) is 29.9. The molecule has 3 aromatic rings. The molecule has 1 aliphatic heterocycles. The van der Waals surface area contributed by atoms with Gasteiger partial charge in [0.25, 0.3) is 11.8 Å². The predicted molar refractivity (Wildman–Crippen MR) is 159 cm³/mol. The number of hydrogen-bond donors (Lipinski definition) is 1. The molecule has 3 aromatic carbocycles. The van der Waals surface area contributed by atoms with E-state index >= 15 is 0 Å². The topological polar surface area (TPSA) is 80.3 Å². The van der Waals surface area contributed by atoms with Gasteiger partial charge in [-0.2, -0.15) is 0 Å². The Bertz CT molecular complexity index is 1370. The fourth-order valence-corrected chi connectivity index (χ4v) is 5.78. The van der Waals surface area contributed by atoms with Gasteiger partial charge in [-0.05, 0) is 91.3 Å². The average molecular weight is 558 g/mol. The summed E-state index contributed by atoms with van der Waals surface area (Å²) in [6.07, 6.45) is 2.86. The van der Waals surface area contributed by atoms with Crippen molar-refractivity contribution in [2.24, 2.45) is 0 Å². The maximum Gasteiger partial charge on any atom is 0.260 e. The summed E-state index contributed by atoms with van der Waals surface area (Å²) in [5, 5.41) is 3.24. The van der Waals surface area contributed by atoms with Crippen LogP contribution in [0.25, 0.3) is 0 Å². The largest absolute Gasteiger partial charge is 0.497 e. The number of benzene rings is 3. The van der Waals surface area contributed by atoms with Crippen LogP contribution in [0.2, 0.25) is 0 Å². The number of fused-ring (bicyclic) bond motifs is 1. The number of rotatable bonds is 9. The normalized spacial score (nSPS) is 16.5. The first-order chi connectivity index (χ1) is 20.0. The highest BCUT2D eigenvalue weighted by Gasteiger charge is 2.27. The van der Waals surface area contributed by atoms with Gasteiger partial charge >= 0.3 is 0 Å². The molecule has 0 aromatic heterocycles. The smallest absolute Gasteiger partial charge is 0.260 e. The molecule has 1 fully saturated rings. The SMILES string of the molecule is CCN(C(=O)c1ccc(OCC(=O)N2CCNCC2)cc1)c1cc(OC)ccc1C1CCc2cc(OC)ccc2C1. The number of methoxy groups -OCH3 is 2. The molecular formula is C33H39N3O5. The standard InChI is InChI=1S/C33H39N3O5/c1-4-36(33(38)23-7-10-27(11-8-23)41-22-32(37)35-17-15-34-16-18-35)31-21-29(40-3)13-14-30(31)26-6-5-25-20-28(39-2)12-9-24(25)19-26/h7-14,20-21,26,34H,4-6,15-19,22H2,1-3H3. The molecule has 0 radical (unpaired) electrons. The molecule has 0 spiro atoms. The van der Waals surface area contributed by atoms with Gasteiger partial charge in [0, 0.05) is 44.4 Å². The van der Waals surface area contributed by atoms with Gasteiger partial charge in [0.2, 0.25) is 0 Å². The van der Waals surface area contributed by atoms with Crippen molar-refractivity contribution < 1.29 is 23.8 Å². The second-order valence-corrected chi connectivity index (χ2v) is 10.5. The molecule has 1 N–H and O–H groups in total. The monoisotopic (exact) mass is 557 g/mol. The van der Waals surface area contributed by atoms with Crippen molar-refractivity contribution in [3.63, 3.8) is 0 Å². The van der Waals surface area contributed by atoms with E-state index in [0.717, 1.165) is 49.4 Å². The lowest BCUT2D eigenvalue weighted by molar-refractivity contribution is -0.133. The van der Waals surface area contributed by atoms with Crippen LogP contribution in [0, 0.1) is 0 Å². The molecule has 0 bridgehead atoms. The lowest BCUT2D eigenvalue weighted by Crippen LogP contribution is -2.47. The first kappa shape index (κ1) is 28.5. The van der Waals surface area contributed by atoms with E-state index in [0.29, 0.717) is 36.7 Å². The molecule has 8 heteroatoms. The van der Waals surface area contributed by atoms with Gasteiger partial charge in [-0.3, -0.25) is 9.59 Å². The van der Waals surface area contributed by atoms with Crippen molar-refractivity contribution in [2.75, 3.05) is 58.5 Å². The van der Waals surface area contributed by atoms with E-state index in [1.54, 1.807) is 43.4 Å². The quantitative estimate of drug-likeness (QED) is 0.419. The summed E-state index contributed by atoms with van der Waals surface area (Å²) in [5.41, 5.74) is 5.23. The summed E-state index contributed by atoms with van der Waals surface area (Å²) in [7, 11) is 3.34. The lowest BCUT2D eigenvalue weighted by atomic mass is 9.79. The minimum Gasteiger partial charge on any atom is -0.497 e. The van der Waals surface area contributed by atoms with E-state index in [-0.39, 0.29) is 24.3 Å². The number of nitrogens with zero attached hydrogens (tertiary/aromatic N) is 2. The van der Waals surface area contributed by atoms with Gasteiger partial charge in [-0.15, -0.1) is 0 Å². The van der Waals surface area contributed by atoms with E-state index < -0.39 is 0 Å². The Balaban J connectivity index is 1.32. The van der Waals surface area contributed by atoms with Crippen LogP contribution in [0.4, 0.5) is 5.69 Å². The molecule has 2 amide bonds. The Hall–Kier alpha value is -4.04. The minimum absolute atomic E-state index is 0.0150. The van der Waals surface area contributed by atoms with E-state index in [1.165, 1.54) is 11.1 Å². The number of carbonyl (C=O) groups is 2. The van der Waals surface area contributed by atoms with Crippen molar-refractivity contribution in [1.29, 1.82) is 0 Å². The number of ether oxygens (including phenoxy) is 3. The van der Waals surface area contributed by atoms with Crippen LogP contribution in [0.3, 0.4) is 0 Å². The van der Waals surface area contributed by atoms with Crippen LogP contribution in [0.1, 0.15) is 46.3 Å². The highest BCUT2D eigenvalue weighted by molar-refractivity contribution is 6.06. The minimum atomic E-state index is -0.0913. The zero-order valence-electron chi connectivity index (χ0n) is 24.2. The number of hydrogen-bond acceptors (Lipinski definition) is 6. The fraction of sp³-hybridized carbons (Fsp3) is 0.394. The fourth-order valence-electron chi connectivity index (χ4n) is 5.78. The van der Waals surface area contributed by atoms with Crippen molar-refractivity contribution in [3.8, 4) is 17.2 Å². The van der Waals surface area contributed by atoms with Crippen LogP contribution in [0.15, 0.2) is 60.7 Å². The van der Waals surface area contributed by atoms with Crippen LogP contribution in [-0.2, 0) is 17.6 Å². The van der Waals surface area contributed by atoms with E-state index in [1.807, 2.05) is 30.0 Å². The van der Waals surface area contributed by atoms with Crippen LogP contribution < -0.4 is 24.4 Å². The van der Waals surface area contributed by atoms with E-state index in [9.17, 15) is 9.59 Å². The zero-order valence-corrected chi connectivity index (χ0v) is 24.2. The number of anilines is 1. The zero-order chi connectivity index (χ0) is 28.8. The number of amides is 2. The molecule has 41 heavy (non-hydrogen) atoms. The number of piperazine rings is 1. The van der Waals surface area contributed by atoms with E-state index in [4.69, 9.17) is 14.2 Å². The molecule has 2 aliphatic rings. The molecule has 1 saturated heterocycles. The molecule has 1 unspecified atom stereocenters. The molecule has 8 nitrogen and oxygen atoms in total. The van der Waals surface area contributed by atoms with Crippen molar-refractivity contribution in [3.05, 3.63) is 82.9 Å². The van der Waals surface area contributed by atoms with Crippen molar-refractivity contribution >= 4 is 17.5 Å². The Kier molecular flexibility index (Phi) is 9.09. The second-order valence-electron chi connectivity index (χ2n) is 10.5. The highest BCUT2D eigenvalue weighted by atomic mass is 16.5. The summed E-state index contributed by atoms with van der Waals surface area (Å²) >= 11 is 0. The number of aryl methyl sites for hydroxylation is 1. The first-order valence-electron chi connectivity index (χ1n) is 14.4. The average Bonchev–Trinajstić information content (AvgIpc) is 3.04. The van der Waals surface area contributed by atoms with Gasteiger partial charge in [0.1, 0.15) is 17.2 Å². The molecule has 216 valence electrons. The second kappa shape index (κ2) is 13.1. The third-order valence-corrected chi connectivity index (χ3v) is 8.10. The molecule has 1 heterocycles. The maximum atomic E-state index is 13.8. The van der Waals surface area contributed by atoms with Gasteiger partial charge in [-0.1, -0.05) is 12.1 Å². The van der Waals surface area contributed by atoms with Gasteiger partial charge in [0.05, 0.1) is 19.9 Å². The van der Waals surface area contributed by atoms with Crippen molar-refractivity contribution in [1.82, 2.24) is 10.2 Å². The van der Waals surface area contributed by atoms with Gasteiger partial charge in [0.15, 0.2) is 6.61 Å². The molecular weight excluding hydrogens is 518 g/mol. The van der Waals surface area contributed by atoms with E-state index in [2.05, 4.69) is 23.5 Å². The highest BCUT2D eigenvalue weighted by Crippen LogP contribution is 2.40. The Labute approximate surface area is 242 Å². The Morgan fingerprint density at radius 3 is 2.29 bits per heavy atom. The van der Waals surface area contributed by atoms with Crippen molar-refractivity contribution in [2.45, 2.75) is 32.1 Å². The Morgan fingerprint density at radius 1 is 0.902 bits per heavy atom. The summed E-state index contributed by atoms with van der Waals surface area (Å²) in [6.45, 7) is 5.47. The summed E-state index contributed by atoms with van der Waals surface area (Å²) in [6, 6.07) is 19.4. The van der Waals surface area contributed by atoms with Crippen LogP contribution in [-0.4, -0.2) is 70.3 Å². The molecule has 0 saturated carbocycles. The third kappa shape index (κ3) is 6.49. The van der Waals surface area contributed by atoms with Crippen LogP contribution in [0.5, 0.6) is 17.2 Å². The number of carbonyl (C=O) groups excluding carboxylic acids is 2. The molecule has 5 rings (SSSR count). The van der Waals surface area contributed by atoms with Gasteiger partial charge in [-0.25, -0.2) is 0 Å². The third-order valence-electron chi connectivity index (χ3n) is 8.10. The van der Waals surface area contributed by atoms with Crippen LogP contribution >= 0.6 is 0 Å². The lowest BCUT2D eigenvalue weighted by Gasteiger charge is -2.31. The Morgan fingerprint density at radius 2 is 1.59 bits per heavy atom. The van der Waals surface area contributed by atoms with Gasteiger partial charge < -0.3 is 29.3 Å². The molecule has 1 aliphatic carbocycles. The maximum absolute atomic E-state index is 13.8. The first-order valence-corrected chi connectivity index (χ1v) is 14.4. The number of nitrogens with one attached hydrogen (secondary N) is 1. The predicted octanol–water partition coefficient (Wildman–Crippen LogP) is 4.45. The summed E-state index contributed by atoms with van der Waals surface area (Å²) in [5.74, 6) is 2.33. The molecule has 1 atom stereocenters. The summed E-state index contributed by atoms with van der Waals surface area (Å²) < 4.78 is 16.7.